The molecule has 0 N–H and O–H groups in total. The number of carbonyl (C=O) groups is 1. The van der Waals surface area contributed by atoms with E-state index in [4.69, 9.17) is 23.7 Å². The van der Waals surface area contributed by atoms with Gasteiger partial charge in [-0.1, -0.05) is 18.2 Å². The molecule has 0 fully saturated rings. The van der Waals surface area contributed by atoms with Gasteiger partial charge in [-0.15, -0.1) is 0 Å². The Morgan fingerprint density at radius 2 is 1.14 bits per heavy atom. The first kappa shape index (κ1) is 20.9. The van der Waals surface area contributed by atoms with E-state index in [-0.39, 0.29) is 5.78 Å². The van der Waals surface area contributed by atoms with Crippen molar-refractivity contribution in [2.24, 2.45) is 0 Å². The van der Waals surface area contributed by atoms with Gasteiger partial charge in [0.2, 0.25) is 5.75 Å². The Morgan fingerprint density at radius 1 is 0.643 bits per heavy atom. The summed E-state index contributed by atoms with van der Waals surface area (Å²) >= 11 is 0. The van der Waals surface area contributed by atoms with Crippen molar-refractivity contribution in [3.8, 4) is 28.7 Å². The number of benzene rings is 2. The molecule has 0 aliphatic rings. The molecule has 0 unspecified atom stereocenters. The number of ketones is 1. The lowest BCUT2D eigenvalue weighted by Crippen LogP contribution is -1.95. The zero-order valence-corrected chi connectivity index (χ0v) is 16.6. The van der Waals surface area contributed by atoms with Crippen molar-refractivity contribution in [1.82, 2.24) is 0 Å². The van der Waals surface area contributed by atoms with Crippen LogP contribution >= 0.6 is 0 Å². The summed E-state index contributed by atoms with van der Waals surface area (Å²) in [6, 6.07) is 8.96. The van der Waals surface area contributed by atoms with Crippen LogP contribution in [-0.2, 0) is 4.79 Å². The molecule has 2 aromatic rings. The Hall–Kier alpha value is -3.41. The van der Waals surface area contributed by atoms with Gasteiger partial charge in [0.1, 0.15) is 0 Å². The van der Waals surface area contributed by atoms with Crippen molar-refractivity contribution in [1.29, 1.82) is 0 Å². The van der Waals surface area contributed by atoms with Crippen LogP contribution in [0.4, 0.5) is 0 Å². The Balaban J connectivity index is 2.16. The maximum Gasteiger partial charge on any atom is 0.203 e. The molecule has 0 amide bonds. The predicted octanol–water partition coefficient (Wildman–Crippen LogP) is 4.03. The van der Waals surface area contributed by atoms with Crippen molar-refractivity contribution < 1.29 is 28.5 Å². The van der Waals surface area contributed by atoms with Gasteiger partial charge in [-0.25, -0.2) is 0 Å². The van der Waals surface area contributed by atoms with Crippen molar-refractivity contribution in [3.05, 3.63) is 53.6 Å². The average Bonchev–Trinajstić information content (AvgIpc) is 2.74. The number of carbonyl (C=O) groups excluding carboxylic acids is 1. The van der Waals surface area contributed by atoms with Crippen LogP contribution in [0.2, 0.25) is 0 Å². The van der Waals surface area contributed by atoms with Crippen LogP contribution in [0.15, 0.2) is 42.5 Å². The van der Waals surface area contributed by atoms with Crippen molar-refractivity contribution in [3.63, 3.8) is 0 Å². The third-order valence-electron chi connectivity index (χ3n) is 3.97. The predicted molar refractivity (Wildman–Crippen MR) is 109 cm³/mol. The first-order chi connectivity index (χ1) is 13.6. The number of methoxy groups -OCH3 is 5. The zero-order chi connectivity index (χ0) is 20.5. The van der Waals surface area contributed by atoms with Crippen molar-refractivity contribution >= 4 is 17.9 Å². The molecule has 6 nitrogen and oxygen atoms in total. The van der Waals surface area contributed by atoms with E-state index < -0.39 is 0 Å². The summed E-state index contributed by atoms with van der Waals surface area (Å²) in [5, 5.41) is 0. The minimum absolute atomic E-state index is 0.163. The van der Waals surface area contributed by atoms with Gasteiger partial charge in [0, 0.05) is 0 Å². The summed E-state index contributed by atoms with van der Waals surface area (Å²) in [4.78, 5) is 12.2. The molecule has 0 atom stereocenters. The van der Waals surface area contributed by atoms with Crippen LogP contribution in [-0.4, -0.2) is 41.3 Å². The molecule has 2 rings (SSSR count). The topological polar surface area (TPSA) is 63.2 Å². The van der Waals surface area contributed by atoms with Crippen LogP contribution in [0.3, 0.4) is 0 Å². The van der Waals surface area contributed by atoms with E-state index in [1.165, 1.54) is 12.2 Å². The molecule has 0 bridgehead atoms. The summed E-state index contributed by atoms with van der Waals surface area (Å²) in [5.41, 5.74) is 1.58. The summed E-state index contributed by atoms with van der Waals surface area (Å²) in [7, 11) is 7.77. The highest BCUT2D eigenvalue weighted by Gasteiger charge is 2.12. The van der Waals surface area contributed by atoms with Crippen LogP contribution in [0.1, 0.15) is 11.1 Å². The van der Waals surface area contributed by atoms with E-state index in [9.17, 15) is 4.79 Å². The molecule has 0 heterocycles. The number of allylic oxidation sites excluding steroid dienone is 2. The second-order valence-corrected chi connectivity index (χ2v) is 5.64. The van der Waals surface area contributed by atoms with Crippen LogP contribution in [0.25, 0.3) is 12.2 Å². The smallest absolute Gasteiger partial charge is 0.203 e. The maximum atomic E-state index is 12.2. The molecule has 2 aromatic carbocycles. The summed E-state index contributed by atoms with van der Waals surface area (Å²) in [5.74, 6) is 2.62. The highest BCUT2D eigenvalue weighted by atomic mass is 16.5. The minimum atomic E-state index is -0.163. The molecule has 0 aromatic heterocycles. The molecule has 0 spiro atoms. The van der Waals surface area contributed by atoms with E-state index >= 15 is 0 Å². The molecule has 148 valence electrons. The number of rotatable bonds is 9. The normalized spacial score (nSPS) is 10.9. The Bertz CT molecular complexity index is 858. The van der Waals surface area contributed by atoms with Crippen LogP contribution in [0.5, 0.6) is 28.7 Å². The van der Waals surface area contributed by atoms with E-state index in [1.807, 2.05) is 6.07 Å². The Labute approximate surface area is 164 Å². The number of hydrogen-bond acceptors (Lipinski definition) is 6. The fourth-order valence-electron chi connectivity index (χ4n) is 2.57. The molecule has 0 aliphatic heterocycles. The summed E-state index contributed by atoms with van der Waals surface area (Å²) < 4.78 is 26.4. The van der Waals surface area contributed by atoms with Crippen LogP contribution < -0.4 is 23.7 Å². The number of hydrogen-bond donors (Lipinski definition) is 0. The second-order valence-electron chi connectivity index (χ2n) is 5.64. The quantitative estimate of drug-likeness (QED) is 0.609. The fourth-order valence-corrected chi connectivity index (χ4v) is 2.57. The molecule has 0 saturated heterocycles. The molecular weight excluding hydrogens is 360 g/mol. The lowest BCUT2D eigenvalue weighted by atomic mass is 10.1. The largest absolute Gasteiger partial charge is 0.493 e. The monoisotopic (exact) mass is 384 g/mol. The molecule has 0 saturated carbocycles. The van der Waals surface area contributed by atoms with E-state index in [0.717, 1.165) is 11.1 Å². The Morgan fingerprint density at radius 3 is 1.64 bits per heavy atom. The zero-order valence-electron chi connectivity index (χ0n) is 16.6. The average molecular weight is 384 g/mol. The molecule has 0 aliphatic carbocycles. The summed E-state index contributed by atoms with van der Waals surface area (Å²) in [6.07, 6.45) is 6.35. The number of ether oxygens (including phenoxy) is 5. The third-order valence-corrected chi connectivity index (χ3v) is 3.97. The van der Waals surface area contributed by atoms with Crippen LogP contribution in [0, 0.1) is 0 Å². The van der Waals surface area contributed by atoms with Gasteiger partial charge in [-0.2, -0.15) is 0 Å². The lowest BCUT2D eigenvalue weighted by molar-refractivity contribution is -0.110. The van der Waals surface area contributed by atoms with Gasteiger partial charge in [0.05, 0.1) is 35.5 Å². The lowest BCUT2D eigenvalue weighted by Gasteiger charge is -2.12. The van der Waals surface area contributed by atoms with E-state index in [2.05, 4.69) is 0 Å². The summed E-state index contributed by atoms with van der Waals surface area (Å²) in [6.45, 7) is 0. The molecule has 28 heavy (non-hydrogen) atoms. The van der Waals surface area contributed by atoms with E-state index in [1.54, 1.807) is 72.0 Å². The van der Waals surface area contributed by atoms with Gasteiger partial charge in [0.25, 0.3) is 0 Å². The van der Waals surface area contributed by atoms with Gasteiger partial charge in [-0.3, -0.25) is 4.79 Å². The maximum absolute atomic E-state index is 12.2. The third kappa shape index (κ3) is 5.07. The van der Waals surface area contributed by atoms with Gasteiger partial charge in [0.15, 0.2) is 28.8 Å². The molecular formula is C22H24O6. The van der Waals surface area contributed by atoms with Gasteiger partial charge in [-0.05, 0) is 47.5 Å². The highest BCUT2D eigenvalue weighted by Crippen LogP contribution is 2.38. The van der Waals surface area contributed by atoms with Gasteiger partial charge < -0.3 is 23.7 Å². The SMILES string of the molecule is COc1ccc(C=CC(=O)C=Cc2cc(OC)c(OC)c(OC)c2)cc1OC. The molecule has 6 heteroatoms. The highest BCUT2D eigenvalue weighted by molar-refractivity contribution is 6.04. The second kappa shape index (κ2) is 10.1. The van der Waals surface area contributed by atoms with Crippen molar-refractivity contribution in [2.75, 3.05) is 35.5 Å². The standard InChI is InChI=1S/C22H24O6/c1-24-18-11-8-15(12-19(18)25-2)6-9-17(23)10-7-16-13-20(26-3)22(28-5)21(14-16)27-4/h6-14H,1-5H3. The Kier molecular flexibility index (Phi) is 7.51. The van der Waals surface area contributed by atoms with Crippen molar-refractivity contribution in [2.45, 2.75) is 0 Å². The first-order valence-electron chi connectivity index (χ1n) is 8.48. The minimum Gasteiger partial charge on any atom is -0.493 e. The fraction of sp³-hybridized carbons (Fsp3) is 0.227. The molecule has 0 radical (unpaired) electrons. The first-order valence-corrected chi connectivity index (χ1v) is 8.48. The van der Waals surface area contributed by atoms with Gasteiger partial charge >= 0.3 is 0 Å². The van der Waals surface area contributed by atoms with E-state index in [0.29, 0.717) is 28.7 Å².